The number of piperidine rings is 1. The van der Waals surface area contributed by atoms with Gasteiger partial charge in [0.15, 0.2) is 6.61 Å². The highest BCUT2D eigenvalue weighted by Gasteiger charge is 2.23. The van der Waals surface area contributed by atoms with Gasteiger partial charge in [0.25, 0.3) is 5.91 Å². The predicted octanol–water partition coefficient (Wildman–Crippen LogP) is 1.66. The second-order valence-electron chi connectivity index (χ2n) is 6.90. The van der Waals surface area contributed by atoms with Crippen LogP contribution in [0.25, 0.3) is 0 Å². The number of benzene rings is 1. The van der Waals surface area contributed by atoms with Crippen LogP contribution in [-0.2, 0) is 19.6 Å². The Kier molecular flexibility index (Phi) is 6.41. The molecule has 0 bridgehead atoms. The van der Waals surface area contributed by atoms with Crippen molar-refractivity contribution >= 4 is 21.9 Å². The predicted molar refractivity (Wildman–Crippen MR) is 97.3 cm³/mol. The van der Waals surface area contributed by atoms with E-state index in [0.29, 0.717) is 24.6 Å². The number of rotatable bonds is 5. The van der Waals surface area contributed by atoms with E-state index < -0.39 is 16.0 Å². The van der Waals surface area contributed by atoms with Gasteiger partial charge in [0.05, 0.1) is 10.5 Å². The molecule has 0 atom stereocenters. The van der Waals surface area contributed by atoms with Gasteiger partial charge in [-0.2, -0.15) is 0 Å². The van der Waals surface area contributed by atoms with Gasteiger partial charge in [-0.05, 0) is 43.4 Å². The Morgan fingerprint density at radius 2 is 1.85 bits per heavy atom. The minimum absolute atomic E-state index is 0.0106. The number of hydrogen-bond acceptors (Lipinski definition) is 5. The fourth-order valence-electron chi connectivity index (χ4n) is 2.75. The number of carbonyl (C=O) groups excluding carboxylic acids is 2. The maximum Gasteiger partial charge on any atom is 0.338 e. The van der Waals surface area contributed by atoms with Crippen molar-refractivity contribution in [1.82, 2.24) is 9.21 Å². The van der Waals surface area contributed by atoms with Gasteiger partial charge in [-0.3, -0.25) is 4.79 Å². The number of hydrogen-bond donors (Lipinski definition) is 0. The summed E-state index contributed by atoms with van der Waals surface area (Å²) in [6.45, 7) is 4.85. The van der Waals surface area contributed by atoms with E-state index in [1.54, 1.807) is 17.9 Å². The quantitative estimate of drug-likeness (QED) is 0.723. The Balaban J connectivity index is 2.06. The van der Waals surface area contributed by atoms with E-state index in [-0.39, 0.29) is 23.0 Å². The fraction of sp³-hybridized carbons (Fsp3) is 0.556. The maximum atomic E-state index is 12.4. The molecule has 0 radical (unpaired) electrons. The van der Waals surface area contributed by atoms with E-state index in [9.17, 15) is 18.0 Å². The van der Waals surface area contributed by atoms with Gasteiger partial charge < -0.3 is 9.64 Å². The van der Waals surface area contributed by atoms with Crippen LogP contribution in [0, 0.1) is 12.8 Å². The molecule has 0 saturated carbocycles. The molecule has 0 aromatic heterocycles. The summed E-state index contributed by atoms with van der Waals surface area (Å²) in [5, 5.41) is 0. The van der Waals surface area contributed by atoms with E-state index in [2.05, 4.69) is 6.92 Å². The van der Waals surface area contributed by atoms with E-state index in [0.717, 1.165) is 17.1 Å². The number of carbonyl (C=O) groups is 2. The summed E-state index contributed by atoms with van der Waals surface area (Å²) in [5.74, 6) is -0.317. The number of ether oxygens (including phenoxy) is 1. The highest BCUT2D eigenvalue weighted by molar-refractivity contribution is 7.89. The number of likely N-dealkylation sites (tertiary alicyclic amines) is 1. The number of nitrogens with zero attached hydrogens (tertiary/aromatic N) is 2. The molecule has 1 aliphatic rings. The summed E-state index contributed by atoms with van der Waals surface area (Å²) in [5.41, 5.74) is 0.736. The van der Waals surface area contributed by atoms with Gasteiger partial charge in [-0.25, -0.2) is 17.5 Å². The van der Waals surface area contributed by atoms with Crippen LogP contribution < -0.4 is 0 Å². The third kappa shape index (κ3) is 4.62. The molecule has 1 saturated heterocycles. The average Bonchev–Trinajstić information content (AvgIpc) is 2.60. The molecule has 2 rings (SSSR count). The Morgan fingerprint density at radius 3 is 2.42 bits per heavy atom. The number of aryl methyl sites for hydroxylation is 1. The highest BCUT2D eigenvalue weighted by atomic mass is 32.2. The van der Waals surface area contributed by atoms with Crippen LogP contribution in [-0.4, -0.2) is 63.3 Å². The third-order valence-electron chi connectivity index (χ3n) is 4.67. The minimum atomic E-state index is -3.65. The van der Waals surface area contributed by atoms with Crippen LogP contribution in [0.5, 0.6) is 0 Å². The van der Waals surface area contributed by atoms with Gasteiger partial charge >= 0.3 is 5.97 Å². The zero-order valence-electron chi connectivity index (χ0n) is 15.7. The lowest BCUT2D eigenvalue weighted by atomic mass is 9.99. The number of sulfonamides is 1. The zero-order valence-corrected chi connectivity index (χ0v) is 16.5. The normalized spacial score (nSPS) is 16.0. The molecule has 144 valence electrons. The van der Waals surface area contributed by atoms with Crippen LogP contribution in [0.15, 0.2) is 23.1 Å². The lowest BCUT2D eigenvalue weighted by Gasteiger charge is -2.30. The van der Waals surface area contributed by atoms with Crippen LogP contribution in [0.1, 0.15) is 35.7 Å². The molecule has 0 aliphatic carbocycles. The first-order chi connectivity index (χ1) is 12.1. The van der Waals surface area contributed by atoms with Gasteiger partial charge in [0.1, 0.15) is 0 Å². The zero-order chi connectivity index (χ0) is 19.5. The summed E-state index contributed by atoms with van der Waals surface area (Å²) in [6, 6.07) is 4.29. The molecule has 1 amide bonds. The van der Waals surface area contributed by atoms with E-state index in [1.165, 1.54) is 26.2 Å². The summed E-state index contributed by atoms with van der Waals surface area (Å²) < 4.78 is 30.7. The second kappa shape index (κ2) is 8.18. The van der Waals surface area contributed by atoms with Crippen molar-refractivity contribution < 1.29 is 22.7 Å². The minimum Gasteiger partial charge on any atom is -0.452 e. The third-order valence-corrected chi connectivity index (χ3v) is 6.48. The second-order valence-corrected chi connectivity index (χ2v) is 9.06. The van der Waals surface area contributed by atoms with E-state index >= 15 is 0 Å². The largest absolute Gasteiger partial charge is 0.452 e. The van der Waals surface area contributed by atoms with Crippen molar-refractivity contribution in [2.45, 2.75) is 31.6 Å². The molecular formula is C18H26N2O5S. The summed E-state index contributed by atoms with van der Waals surface area (Å²) in [6.07, 6.45) is 1.90. The van der Waals surface area contributed by atoms with Crippen molar-refractivity contribution in [3.05, 3.63) is 29.3 Å². The molecule has 1 aromatic carbocycles. The van der Waals surface area contributed by atoms with Crippen LogP contribution in [0.2, 0.25) is 0 Å². The first-order valence-corrected chi connectivity index (χ1v) is 10.0. The van der Waals surface area contributed by atoms with Crippen molar-refractivity contribution in [3.8, 4) is 0 Å². The monoisotopic (exact) mass is 382 g/mol. The topological polar surface area (TPSA) is 84.0 Å². The van der Waals surface area contributed by atoms with Crippen molar-refractivity contribution in [2.75, 3.05) is 33.8 Å². The van der Waals surface area contributed by atoms with E-state index in [4.69, 9.17) is 4.74 Å². The molecule has 0 unspecified atom stereocenters. The van der Waals surface area contributed by atoms with Crippen molar-refractivity contribution in [2.24, 2.45) is 5.92 Å². The molecular weight excluding hydrogens is 356 g/mol. The Labute approximate surface area is 155 Å². The smallest absolute Gasteiger partial charge is 0.338 e. The average molecular weight is 382 g/mol. The van der Waals surface area contributed by atoms with Crippen molar-refractivity contribution in [1.29, 1.82) is 0 Å². The molecule has 1 heterocycles. The molecule has 1 aromatic rings. The van der Waals surface area contributed by atoms with Crippen molar-refractivity contribution in [3.63, 3.8) is 0 Å². The SMILES string of the molecule is Cc1ccc(S(=O)(=O)N(C)C)cc1C(=O)OCC(=O)N1CCC(C)CC1. The molecule has 1 aliphatic heterocycles. The maximum absolute atomic E-state index is 12.4. The summed E-state index contributed by atoms with van der Waals surface area (Å²) >= 11 is 0. The van der Waals surface area contributed by atoms with Gasteiger partial charge in [0, 0.05) is 27.2 Å². The van der Waals surface area contributed by atoms with Gasteiger partial charge in [-0.15, -0.1) is 0 Å². The summed E-state index contributed by atoms with van der Waals surface area (Å²) in [7, 11) is -0.809. The lowest BCUT2D eigenvalue weighted by Crippen LogP contribution is -2.40. The van der Waals surface area contributed by atoms with Gasteiger partial charge in [0.2, 0.25) is 10.0 Å². The van der Waals surface area contributed by atoms with Crippen LogP contribution in [0.4, 0.5) is 0 Å². The van der Waals surface area contributed by atoms with Gasteiger partial charge in [-0.1, -0.05) is 13.0 Å². The number of esters is 1. The molecule has 26 heavy (non-hydrogen) atoms. The molecule has 0 N–H and O–H groups in total. The van der Waals surface area contributed by atoms with Crippen LogP contribution >= 0.6 is 0 Å². The standard InChI is InChI=1S/C18H26N2O5S/c1-13-7-9-20(10-8-13)17(21)12-25-18(22)16-11-15(6-5-14(16)2)26(23,24)19(3)4/h5-6,11,13H,7-10,12H2,1-4H3. The molecule has 8 heteroatoms. The first-order valence-electron chi connectivity index (χ1n) is 8.61. The fourth-order valence-corrected chi connectivity index (χ4v) is 3.68. The Hall–Kier alpha value is -1.93. The summed E-state index contributed by atoms with van der Waals surface area (Å²) in [4.78, 5) is 26.3. The Bertz CT molecular complexity index is 781. The Morgan fingerprint density at radius 1 is 1.23 bits per heavy atom. The van der Waals surface area contributed by atoms with Crippen LogP contribution in [0.3, 0.4) is 0 Å². The first kappa shape index (κ1) is 20.4. The molecule has 1 fully saturated rings. The lowest BCUT2D eigenvalue weighted by molar-refractivity contribution is -0.135. The molecule has 7 nitrogen and oxygen atoms in total. The molecule has 0 spiro atoms. The number of amides is 1. The van der Waals surface area contributed by atoms with E-state index in [1.807, 2.05) is 0 Å². The highest BCUT2D eigenvalue weighted by Crippen LogP contribution is 2.19.